The average molecular weight is 642 g/mol. The van der Waals surface area contributed by atoms with Gasteiger partial charge in [-0.15, -0.1) is 0 Å². The molecular formula is C32H55N3O10. The molecule has 0 aromatic heterocycles. The van der Waals surface area contributed by atoms with Crippen molar-refractivity contribution in [1.29, 1.82) is 0 Å². The number of nitrogens with zero attached hydrogens (tertiary/aromatic N) is 3. The Balaban J connectivity index is 0.000000507. The van der Waals surface area contributed by atoms with Gasteiger partial charge in [0.15, 0.2) is 0 Å². The number of benzene rings is 2. The maximum Gasteiger partial charge on any atom is 0.143 e. The Morgan fingerprint density at radius 3 is 0.933 bits per heavy atom. The molecule has 0 heterocycles. The van der Waals surface area contributed by atoms with Gasteiger partial charge in [-0.1, -0.05) is 18.2 Å². The van der Waals surface area contributed by atoms with Crippen LogP contribution in [0.3, 0.4) is 0 Å². The van der Waals surface area contributed by atoms with E-state index in [1.807, 2.05) is 56.3 Å². The van der Waals surface area contributed by atoms with Crippen LogP contribution in [0.5, 0.6) is 0 Å². The topological polar surface area (TPSA) is 146 Å². The summed E-state index contributed by atoms with van der Waals surface area (Å²) >= 11 is 0. The van der Waals surface area contributed by atoms with Crippen LogP contribution < -0.4 is 14.7 Å². The van der Waals surface area contributed by atoms with Crippen LogP contribution in [0, 0.1) is 0 Å². The van der Waals surface area contributed by atoms with Gasteiger partial charge in [0, 0.05) is 69.5 Å². The molecule has 2 aromatic rings. The number of aliphatic hydroxyl groups is 4. The molecule has 0 radical (unpaired) electrons. The first-order chi connectivity index (χ1) is 22.1. The van der Waals surface area contributed by atoms with Crippen LogP contribution in [0.1, 0.15) is 13.8 Å². The van der Waals surface area contributed by atoms with E-state index in [-0.39, 0.29) is 27.2 Å². The van der Waals surface area contributed by atoms with Crippen molar-refractivity contribution in [2.45, 2.75) is 13.8 Å². The molecule has 0 aliphatic heterocycles. The van der Waals surface area contributed by atoms with E-state index in [0.29, 0.717) is 65.9 Å². The van der Waals surface area contributed by atoms with Crippen LogP contribution in [0.15, 0.2) is 54.6 Å². The quantitative estimate of drug-likeness (QED) is 0.0831. The standard InChI is InChI=1S/C19H34N2O7.C13H21NO3/c1-2-25-11-7-20(8-12-26-15-22)18-3-5-19(6-4-18)21(9-13-27-16-23)10-14-28-17-24;1-2-16-10-8-14(9-11-17-12-15)13-6-4-3-5-7-13/h3-6,22-24H,2,7-17H2,1H3;3-7,15H,2,8-12H2,1H3. The summed E-state index contributed by atoms with van der Waals surface area (Å²) in [7, 11) is 0. The lowest BCUT2D eigenvalue weighted by atomic mass is 10.2. The predicted octanol–water partition coefficient (Wildman–Crippen LogP) is 1.73. The molecule has 2 aromatic carbocycles. The van der Waals surface area contributed by atoms with Gasteiger partial charge >= 0.3 is 0 Å². The van der Waals surface area contributed by atoms with Gasteiger partial charge in [0.25, 0.3) is 0 Å². The third-order valence-corrected chi connectivity index (χ3v) is 6.51. The lowest BCUT2D eigenvalue weighted by Crippen LogP contribution is -2.32. The van der Waals surface area contributed by atoms with Crippen molar-refractivity contribution in [3.8, 4) is 0 Å². The zero-order chi connectivity index (χ0) is 32.8. The van der Waals surface area contributed by atoms with Crippen molar-refractivity contribution in [2.24, 2.45) is 0 Å². The molecule has 0 bridgehead atoms. The van der Waals surface area contributed by atoms with Gasteiger partial charge in [0.1, 0.15) is 27.2 Å². The average Bonchev–Trinajstić information content (AvgIpc) is 3.07. The number of hydrogen-bond donors (Lipinski definition) is 4. The number of anilines is 3. The fraction of sp³-hybridized carbons (Fsp3) is 0.625. The summed E-state index contributed by atoms with van der Waals surface area (Å²) in [4.78, 5) is 6.39. The Morgan fingerprint density at radius 1 is 0.400 bits per heavy atom. The second kappa shape index (κ2) is 28.9. The maximum absolute atomic E-state index is 8.82. The molecule has 0 amide bonds. The van der Waals surface area contributed by atoms with E-state index in [2.05, 4.69) is 26.8 Å². The highest BCUT2D eigenvalue weighted by atomic mass is 16.6. The van der Waals surface area contributed by atoms with Crippen molar-refractivity contribution in [3.63, 3.8) is 0 Å². The second-order valence-electron chi connectivity index (χ2n) is 9.36. The van der Waals surface area contributed by atoms with E-state index < -0.39 is 0 Å². The van der Waals surface area contributed by atoms with E-state index in [9.17, 15) is 0 Å². The summed E-state index contributed by atoms with van der Waals surface area (Å²) in [5.41, 5.74) is 3.17. The number of rotatable bonds is 27. The van der Waals surface area contributed by atoms with Gasteiger partial charge in [-0.2, -0.15) is 0 Å². The summed E-state index contributed by atoms with van der Waals surface area (Å²) in [6.07, 6.45) is 0. The zero-order valence-corrected chi connectivity index (χ0v) is 27.0. The first-order valence-electron chi connectivity index (χ1n) is 15.4. The molecule has 0 saturated heterocycles. The van der Waals surface area contributed by atoms with Crippen LogP contribution in [0.4, 0.5) is 17.1 Å². The maximum atomic E-state index is 8.82. The lowest BCUT2D eigenvalue weighted by Gasteiger charge is -2.27. The SMILES string of the molecule is CCOCCN(CCOCO)c1ccc(N(CCOCO)CCOCO)cc1.CCOCCN(CCOCO)c1ccccc1. The molecule has 0 aliphatic rings. The summed E-state index contributed by atoms with van der Waals surface area (Å²) in [5, 5.41) is 35.0. The molecule has 0 fully saturated rings. The minimum atomic E-state index is -0.315. The minimum absolute atomic E-state index is 0.228. The summed E-state index contributed by atoms with van der Waals surface area (Å²) in [6.45, 7) is 11.3. The van der Waals surface area contributed by atoms with Crippen LogP contribution in [-0.4, -0.2) is 140 Å². The van der Waals surface area contributed by atoms with Gasteiger partial charge in [-0.25, -0.2) is 0 Å². The normalized spacial score (nSPS) is 10.8. The van der Waals surface area contributed by atoms with Crippen LogP contribution >= 0.6 is 0 Å². The van der Waals surface area contributed by atoms with E-state index in [1.165, 1.54) is 0 Å². The van der Waals surface area contributed by atoms with E-state index in [1.54, 1.807) is 0 Å². The molecule has 0 aliphatic carbocycles. The summed E-state index contributed by atoms with van der Waals surface area (Å²) in [6, 6.07) is 18.2. The predicted molar refractivity (Wildman–Crippen MR) is 175 cm³/mol. The fourth-order valence-corrected chi connectivity index (χ4v) is 4.22. The van der Waals surface area contributed by atoms with Gasteiger partial charge in [0.05, 0.1) is 39.6 Å². The van der Waals surface area contributed by atoms with Crippen molar-refractivity contribution in [3.05, 3.63) is 54.6 Å². The monoisotopic (exact) mass is 641 g/mol. The molecule has 4 N–H and O–H groups in total. The minimum Gasteiger partial charge on any atom is -0.380 e. The highest BCUT2D eigenvalue weighted by Crippen LogP contribution is 2.21. The molecule has 0 atom stereocenters. The fourth-order valence-electron chi connectivity index (χ4n) is 4.22. The first kappa shape index (κ1) is 40.5. The smallest absolute Gasteiger partial charge is 0.143 e. The molecule has 0 unspecified atom stereocenters. The number of hydrogen-bond acceptors (Lipinski definition) is 13. The zero-order valence-electron chi connectivity index (χ0n) is 27.0. The first-order valence-corrected chi connectivity index (χ1v) is 15.4. The Morgan fingerprint density at radius 2 is 0.667 bits per heavy atom. The molecular weight excluding hydrogens is 586 g/mol. The van der Waals surface area contributed by atoms with E-state index >= 15 is 0 Å². The van der Waals surface area contributed by atoms with Gasteiger partial charge in [-0.05, 0) is 50.2 Å². The largest absolute Gasteiger partial charge is 0.380 e. The van der Waals surface area contributed by atoms with Crippen molar-refractivity contribution in [2.75, 3.05) is 134 Å². The Kier molecular flexibility index (Phi) is 26.0. The number of para-hydroxylation sites is 1. The second-order valence-corrected chi connectivity index (χ2v) is 9.36. The number of aliphatic hydroxyl groups excluding tert-OH is 4. The third-order valence-electron chi connectivity index (χ3n) is 6.51. The lowest BCUT2D eigenvalue weighted by molar-refractivity contribution is -0.00340. The van der Waals surface area contributed by atoms with Crippen molar-refractivity contribution < 1.29 is 48.8 Å². The van der Waals surface area contributed by atoms with Gasteiger partial charge in [0.2, 0.25) is 0 Å². The van der Waals surface area contributed by atoms with Crippen LogP contribution in [-0.2, 0) is 28.4 Å². The highest BCUT2D eigenvalue weighted by molar-refractivity contribution is 5.56. The Bertz CT molecular complexity index is 826. The third kappa shape index (κ3) is 19.5. The summed E-state index contributed by atoms with van der Waals surface area (Å²) < 4.78 is 30.9. The Labute approximate surface area is 268 Å². The number of ether oxygens (including phenoxy) is 6. The molecule has 13 heteroatoms. The van der Waals surface area contributed by atoms with Crippen molar-refractivity contribution in [1.82, 2.24) is 0 Å². The van der Waals surface area contributed by atoms with Crippen LogP contribution in [0.2, 0.25) is 0 Å². The molecule has 2 rings (SSSR count). The molecule has 45 heavy (non-hydrogen) atoms. The van der Waals surface area contributed by atoms with Crippen molar-refractivity contribution >= 4 is 17.1 Å². The molecule has 258 valence electrons. The summed E-state index contributed by atoms with van der Waals surface area (Å²) in [5.74, 6) is 0. The Hall–Kier alpha value is -2.56. The molecule has 0 saturated carbocycles. The van der Waals surface area contributed by atoms with Crippen LogP contribution in [0.25, 0.3) is 0 Å². The van der Waals surface area contributed by atoms with E-state index in [4.69, 9.17) is 48.8 Å². The van der Waals surface area contributed by atoms with Gasteiger partial charge < -0.3 is 63.5 Å². The van der Waals surface area contributed by atoms with Gasteiger partial charge in [-0.3, -0.25) is 0 Å². The molecule has 13 nitrogen and oxygen atoms in total. The highest BCUT2D eigenvalue weighted by Gasteiger charge is 2.11. The molecule has 0 spiro atoms. The van der Waals surface area contributed by atoms with E-state index in [0.717, 1.165) is 43.3 Å².